The van der Waals surface area contributed by atoms with Crippen LogP contribution >= 0.6 is 15.9 Å². The largest absolute Gasteiger partial charge is 0.299 e. The Labute approximate surface area is 97.2 Å². The van der Waals surface area contributed by atoms with E-state index in [1.165, 1.54) is 12.1 Å². The molecule has 0 N–H and O–H groups in total. The second-order valence-electron chi connectivity index (χ2n) is 3.83. The van der Waals surface area contributed by atoms with Crippen LogP contribution in [-0.2, 0) is 6.54 Å². The molecule has 0 atom stereocenters. The Morgan fingerprint density at radius 1 is 1.33 bits per heavy atom. The molecule has 0 heterocycles. The second kappa shape index (κ2) is 5.03. The van der Waals surface area contributed by atoms with Gasteiger partial charge in [-0.05, 0) is 49.0 Å². The SMILES string of the molecule is CC(C)N(C)Cc1c(F)ccc(Br)c1F. The van der Waals surface area contributed by atoms with E-state index in [0.717, 1.165) is 0 Å². The van der Waals surface area contributed by atoms with Gasteiger partial charge in [0.05, 0.1) is 4.47 Å². The summed E-state index contributed by atoms with van der Waals surface area (Å²) in [5, 5.41) is 0. The minimum absolute atomic E-state index is 0.112. The van der Waals surface area contributed by atoms with E-state index in [9.17, 15) is 8.78 Å². The fourth-order valence-corrected chi connectivity index (χ4v) is 1.52. The third-order valence-corrected chi connectivity index (χ3v) is 3.04. The van der Waals surface area contributed by atoms with E-state index in [2.05, 4.69) is 15.9 Å². The third kappa shape index (κ3) is 2.98. The minimum Gasteiger partial charge on any atom is -0.299 e. The smallest absolute Gasteiger partial charge is 0.144 e. The van der Waals surface area contributed by atoms with E-state index < -0.39 is 11.6 Å². The number of rotatable bonds is 3. The van der Waals surface area contributed by atoms with Crippen LogP contribution in [0, 0.1) is 11.6 Å². The van der Waals surface area contributed by atoms with Crippen LogP contribution in [0.25, 0.3) is 0 Å². The second-order valence-corrected chi connectivity index (χ2v) is 4.68. The summed E-state index contributed by atoms with van der Waals surface area (Å²) in [6.45, 7) is 4.23. The first-order valence-electron chi connectivity index (χ1n) is 4.76. The van der Waals surface area contributed by atoms with Crippen molar-refractivity contribution in [3.8, 4) is 0 Å². The standard InChI is InChI=1S/C11H14BrF2N/c1-7(2)15(3)6-8-10(13)5-4-9(12)11(8)14/h4-5,7H,6H2,1-3H3. The molecule has 1 aromatic carbocycles. The lowest BCUT2D eigenvalue weighted by atomic mass is 10.1. The van der Waals surface area contributed by atoms with E-state index in [-0.39, 0.29) is 18.2 Å². The van der Waals surface area contributed by atoms with Crippen molar-refractivity contribution in [1.29, 1.82) is 0 Å². The molecule has 0 spiro atoms. The van der Waals surface area contributed by atoms with Crippen molar-refractivity contribution < 1.29 is 8.78 Å². The molecule has 0 bridgehead atoms. The average molecular weight is 278 g/mol. The molecule has 0 saturated heterocycles. The first-order chi connectivity index (χ1) is 6.93. The van der Waals surface area contributed by atoms with E-state index in [1.807, 2.05) is 25.8 Å². The Hall–Kier alpha value is -0.480. The summed E-state index contributed by atoms with van der Waals surface area (Å²) < 4.78 is 27.2. The molecule has 0 saturated carbocycles. The van der Waals surface area contributed by atoms with Crippen molar-refractivity contribution in [2.45, 2.75) is 26.4 Å². The highest BCUT2D eigenvalue weighted by atomic mass is 79.9. The molecule has 84 valence electrons. The van der Waals surface area contributed by atoms with Gasteiger partial charge in [0, 0.05) is 18.2 Å². The van der Waals surface area contributed by atoms with Crippen LogP contribution in [0.15, 0.2) is 16.6 Å². The lowest BCUT2D eigenvalue weighted by Gasteiger charge is -2.21. The molecule has 0 radical (unpaired) electrons. The average Bonchev–Trinajstić information content (AvgIpc) is 2.18. The van der Waals surface area contributed by atoms with E-state index in [4.69, 9.17) is 0 Å². The van der Waals surface area contributed by atoms with Gasteiger partial charge in [0.15, 0.2) is 0 Å². The zero-order chi connectivity index (χ0) is 11.6. The molecule has 0 aliphatic heterocycles. The lowest BCUT2D eigenvalue weighted by Crippen LogP contribution is -2.26. The van der Waals surface area contributed by atoms with Crippen molar-refractivity contribution >= 4 is 15.9 Å². The van der Waals surface area contributed by atoms with Crippen LogP contribution in [0.3, 0.4) is 0 Å². The molecular formula is C11H14BrF2N. The van der Waals surface area contributed by atoms with E-state index in [1.54, 1.807) is 0 Å². The predicted molar refractivity (Wildman–Crippen MR) is 60.7 cm³/mol. The van der Waals surface area contributed by atoms with Crippen molar-refractivity contribution in [2.75, 3.05) is 7.05 Å². The Morgan fingerprint density at radius 3 is 2.47 bits per heavy atom. The summed E-state index contributed by atoms with van der Waals surface area (Å²) in [4.78, 5) is 1.88. The summed E-state index contributed by atoms with van der Waals surface area (Å²) in [6, 6.07) is 2.91. The first kappa shape index (κ1) is 12.6. The van der Waals surface area contributed by atoms with Gasteiger partial charge in [-0.2, -0.15) is 0 Å². The zero-order valence-electron chi connectivity index (χ0n) is 9.02. The highest BCUT2D eigenvalue weighted by molar-refractivity contribution is 9.10. The molecule has 0 unspecified atom stereocenters. The summed E-state index contributed by atoms with van der Waals surface area (Å²) in [7, 11) is 1.84. The van der Waals surface area contributed by atoms with Crippen LogP contribution in [0.1, 0.15) is 19.4 Å². The highest BCUT2D eigenvalue weighted by Crippen LogP contribution is 2.22. The van der Waals surface area contributed by atoms with Crippen molar-refractivity contribution in [3.63, 3.8) is 0 Å². The Bertz CT molecular complexity index is 353. The maximum Gasteiger partial charge on any atom is 0.144 e. The normalized spacial score (nSPS) is 11.5. The monoisotopic (exact) mass is 277 g/mol. The molecule has 0 amide bonds. The minimum atomic E-state index is -0.512. The summed E-state index contributed by atoms with van der Waals surface area (Å²) in [5.74, 6) is -1.01. The van der Waals surface area contributed by atoms with Crippen molar-refractivity contribution in [1.82, 2.24) is 4.90 Å². The number of nitrogens with zero attached hydrogens (tertiary/aromatic N) is 1. The zero-order valence-corrected chi connectivity index (χ0v) is 10.6. The quantitative estimate of drug-likeness (QED) is 0.764. The fraction of sp³-hybridized carbons (Fsp3) is 0.455. The lowest BCUT2D eigenvalue weighted by molar-refractivity contribution is 0.257. The van der Waals surface area contributed by atoms with Gasteiger partial charge in [-0.3, -0.25) is 4.90 Å². The molecule has 0 fully saturated rings. The molecule has 1 rings (SSSR count). The Morgan fingerprint density at radius 2 is 1.93 bits per heavy atom. The number of hydrogen-bond donors (Lipinski definition) is 0. The van der Waals surface area contributed by atoms with Gasteiger partial charge in [-0.25, -0.2) is 8.78 Å². The number of benzene rings is 1. The maximum atomic E-state index is 13.6. The van der Waals surface area contributed by atoms with Gasteiger partial charge in [0.25, 0.3) is 0 Å². The Kier molecular flexibility index (Phi) is 4.22. The van der Waals surface area contributed by atoms with Crippen LogP contribution in [0.4, 0.5) is 8.78 Å². The molecule has 1 nitrogen and oxygen atoms in total. The fourth-order valence-electron chi connectivity index (χ4n) is 1.15. The first-order valence-corrected chi connectivity index (χ1v) is 5.55. The van der Waals surface area contributed by atoms with Gasteiger partial charge in [-0.15, -0.1) is 0 Å². The van der Waals surface area contributed by atoms with Crippen LogP contribution < -0.4 is 0 Å². The van der Waals surface area contributed by atoms with Crippen LogP contribution in [0.2, 0.25) is 0 Å². The Balaban J connectivity index is 2.98. The number of halogens is 3. The topological polar surface area (TPSA) is 3.24 Å². The van der Waals surface area contributed by atoms with Gasteiger partial charge >= 0.3 is 0 Å². The molecule has 0 aliphatic carbocycles. The summed E-state index contributed by atoms with van der Waals surface area (Å²) in [6.07, 6.45) is 0. The van der Waals surface area contributed by atoms with Gasteiger partial charge in [0.1, 0.15) is 11.6 Å². The van der Waals surface area contributed by atoms with Crippen molar-refractivity contribution in [3.05, 3.63) is 33.8 Å². The van der Waals surface area contributed by atoms with Crippen LogP contribution in [0.5, 0.6) is 0 Å². The predicted octanol–water partition coefficient (Wildman–Crippen LogP) is 3.57. The molecular weight excluding hydrogens is 264 g/mol. The van der Waals surface area contributed by atoms with E-state index >= 15 is 0 Å². The third-order valence-electron chi connectivity index (χ3n) is 2.43. The summed E-state index contributed by atoms with van der Waals surface area (Å²) in [5.41, 5.74) is 0.112. The summed E-state index contributed by atoms with van der Waals surface area (Å²) >= 11 is 3.05. The van der Waals surface area contributed by atoms with Gasteiger partial charge < -0.3 is 0 Å². The molecule has 15 heavy (non-hydrogen) atoms. The van der Waals surface area contributed by atoms with Crippen molar-refractivity contribution in [2.24, 2.45) is 0 Å². The van der Waals surface area contributed by atoms with E-state index in [0.29, 0.717) is 4.47 Å². The van der Waals surface area contributed by atoms with Gasteiger partial charge in [-0.1, -0.05) is 0 Å². The number of hydrogen-bond acceptors (Lipinski definition) is 1. The molecule has 0 aromatic heterocycles. The molecule has 0 aliphatic rings. The highest BCUT2D eigenvalue weighted by Gasteiger charge is 2.15. The van der Waals surface area contributed by atoms with Crippen LogP contribution in [-0.4, -0.2) is 18.0 Å². The van der Waals surface area contributed by atoms with Gasteiger partial charge in [0.2, 0.25) is 0 Å². The molecule has 1 aromatic rings. The maximum absolute atomic E-state index is 13.6. The molecule has 4 heteroatoms.